The molecule has 0 aliphatic carbocycles. The van der Waals surface area contributed by atoms with Crippen LogP contribution in [0.3, 0.4) is 0 Å². The fourth-order valence-electron chi connectivity index (χ4n) is 10.0. The topological polar surface area (TPSA) is 12.5 Å². The number of ether oxygens (including phenoxy) is 1. The van der Waals surface area contributed by atoms with E-state index in [9.17, 15) is 0 Å². The van der Waals surface area contributed by atoms with Gasteiger partial charge in [-0.05, 0) is 87.5 Å². The van der Waals surface area contributed by atoms with Crippen LogP contribution in [-0.2, 0) is 16.2 Å². The largest absolute Gasteiger partial charge is 0.456 e. The molecule has 11 rings (SSSR count). The van der Waals surface area contributed by atoms with E-state index in [4.69, 9.17) is 4.74 Å². The highest BCUT2D eigenvalue weighted by Gasteiger charge is 2.38. The standard InChI is InChI=1S/C57H47NOS2/c1-55(2)42-18-7-10-25-49(42)59-52-40(16-13-21-45(52)55)36-28-32-38(33-29-36)58(48-24-15-23-47-54(48)61-51-27-12-9-20-44(51)57(47,5)6)39-34-30-37(31-35-39)41-17-14-22-46-53(41)60-50-26-11-8-19-43(50)56(46,3)4/h7-35H,1-6H3. The molecule has 0 atom stereocenters. The second-order valence-electron chi connectivity index (χ2n) is 18.1. The van der Waals surface area contributed by atoms with Crippen molar-refractivity contribution in [2.24, 2.45) is 0 Å². The first-order valence-electron chi connectivity index (χ1n) is 21.3. The number of hydrogen-bond acceptors (Lipinski definition) is 4. The lowest BCUT2D eigenvalue weighted by molar-refractivity contribution is 0.419. The van der Waals surface area contributed by atoms with Crippen LogP contribution in [0.15, 0.2) is 196 Å². The van der Waals surface area contributed by atoms with Crippen LogP contribution in [0, 0.1) is 0 Å². The van der Waals surface area contributed by atoms with Crippen molar-refractivity contribution < 1.29 is 4.74 Å². The summed E-state index contributed by atoms with van der Waals surface area (Å²) in [6, 6.07) is 64.8. The number of para-hydroxylation sites is 2. The van der Waals surface area contributed by atoms with Gasteiger partial charge in [-0.3, -0.25) is 0 Å². The van der Waals surface area contributed by atoms with Crippen molar-refractivity contribution in [3.05, 3.63) is 209 Å². The average Bonchev–Trinajstić information content (AvgIpc) is 3.27. The van der Waals surface area contributed by atoms with Gasteiger partial charge in [0, 0.05) is 63.9 Å². The average molecular weight is 826 g/mol. The van der Waals surface area contributed by atoms with Crippen molar-refractivity contribution >= 4 is 40.6 Å². The van der Waals surface area contributed by atoms with Crippen molar-refractivity contribution in [1.82, 2.24) is 0 Å². The zero-order valence-corrected chi connectivity index (χ0v) is 37.0. The summed E-state index contributed by atoms with van der Waals surface area (Å²) in [5.41, 5.74) is 15.6. The SMILES string of the molecule is CC1(C)c2ccccc2Oc2c(-c3ccc(N(c4ccc(-c5cccc6c5Sc5ccccc5C6(C)C)cc4)c4cccc5c4Sc4ccccc4C5(C)C)cc3)cccc21. The quantitative estimate of drug-likeness (QED) is 0.171. The third-order valence-electron chi connectivity index (χ3n) is 13.5. The Morgan fingerprint density at radius 3 is 1.44 bits per heavy atom. The summed E-state index contributed by atoms with van der Waals surface area (Å²) >= 11 is 3.79. The summed E-state index contributed by atoms with van der Waals surface area (Å²) < 4.78 is 6.72. The Labute approximate surface area is 368 Å². The molecule has 0 saturated carbocycles. The zero-order valence-electron chi connectivity index (χ0n) is 35.4. The van der Waals surface area contributed by atoms with Crippen LogP contribution in [0.1, 0.15) is 74.9 Å². The molecular formula is C57H47NOS2. The molecule has 0 amide bonds. The van der Waals surface area contributed by atoms with E-state index >= 15 is 0 Å². The molecule has 3 heterocycles. The third kappa shape index (κ3) is 5.94. The summed E-state index contributed by atoms with van der Waals surface area (Å²) in [6.07, 6.45) is 0. The Kier molecular flexibility index (Phi) is 8.76. The van der Waals surface area contributed by atoms with E-state index in [1.807, 2.05) is 23.5 Å². The third-order valence-corrected chi connectivity index (χ3v) is 15.9. The van der Waals surface area contributed by atoms with Crippen molar-refractivity contribution in [3.8, 4) is 33.8 Å². The summed E-state index contributed by atoms with van der Waals surface area (Å²) in [4.78, 5) is 7.74. The first-order chi connectivity index (χ1) is 29.5. The lowest BCUT2D eigenvalue weighted by atomic mass is 9.75. The van der Waals surface area contributed by atoms with Gasteiger partial charge >= 0.3 is 0 Å². The fourth-order valence-corrected chi connectivity index (χ4v) is 13.0. The smallest absolute Gasteiger partial charge is 0.139 e. The van der Waals surface area contributed by atoms with Gasteiger partial charge in [0.2, 0.25) is 0 Å². The van der Waals surface area contributed by atoms with Gasteiger partial charge in [0.1, 0.15) is 11.5 Å². The van der Waals surface area contributed by atoms with Crippen LogP contribution in [0.2, 0.25) is 0 Å². The minimum atomic E-state index is -0.183. The van der Waals surface area contributed by atoms with Crippen LogP contribution < -0.4 is 9.64 Å². The number of hydrogen-bond donors (Lipinski definition) is 0. The lowest BCUT2D eigenvalue weighted by Gasteiger charge is -2.37. The van der Waals surface area contributed by atoms with Crippen molar-refractivity contribution in [1.29, 1.82) is 0 Å². The van der Waals surface area contributed by atoms with E-state index in [0.29, 0.717) is 0 Å². The van der Waals surface area contributed by atoms with Crippen LogP contribution in [0.5, 0.6) is 11.5 Å². The molecule has 0 N–H and O–H groups in total. The fraction of sp³-hybridized carbons (Fsp3) is 0.158. The summed E-state index contributed by atoms with van der Waals surface area (Å²) in [5.74, 6) is 1.87. The van der Waals surface area contributed by atoms with Crippen LogP contribution in [0.25, 0.3) is 22.3 Å². The molecule has 3 aliphatic heterocycles. The van der Waals surface area contributed by atoms with E-state index in [0.717, 1.165) is 34.0 Å². The predicted molar refractivity (Wildman–Crippen MR) is 256 cm³/mol. The Morgan fingerprint density at radius 1 is 0.377 bits per heavy atom. The van der Waals surface area contributed by atoms with Crippen LogP contribution >= 0.6 is 23.5 Å². The Hall–Kier alpha value is -5.94. The van der Waals surface area contributed by atoms with E-state index in [1.165, 1.54) is 69.8 Å². The molecule has 0 unspecified atom stereocenters. The molecule has 61 heavy (non-hydrogen) atoms. The van der Waals surface area contributed by atoms with Crippen molar-refractivity contribution in [2.45, 2.75) is 77.4 Å². The van der Waals surface area contributed by atoms with E-state index < -0.39 is 0 Å². The number of anilines is 3. The molecule has 0 bridgehead atoms. The maximum Gasteiger partial charge on any atom is 0.139 e. The number of rotatable bonds is 5. The Balaban J connectivity index is 1.03. The molecular weight excluding hydrogens is 779 g/mol. The van der Waals surface area contributed by atoms with Crippen molar-refractivity contribution in [2.75, 3.05) is 4.90 Å². The lowest BCUT2D eigenvalue weighted by Crippen LogP contribution is -2.25. The number of fused-ring (bicyclic) bond motifs is 6. The highest BCUT2D eigenvalue weighted by atomic mass is 32.2. The molecule has 298 valence electrons. The van der Waals surface area contributed by atoms with Gasteiger partial charge in [-0.15, -0.1) is 0 Å². The summed E-state index contributed by atoms with van der Waals surface area (Å²) in [6.45, 7) is 14.0. The molecule has 8 aromatic rings. The van der Waals surface area contributed by atoms with E-state index in [-0.39, 0.29) is 16.2 Å². The molecule has 8 aromatic carbocycles. The number of benzene rings is 8. The van der Waals surface area contributed by atoms with Gasteiger partial charge in [0.15, 0.2) is 0 Å². The molecule has 0 fully saturated rings. The molecule has 0 saturated heterocycles. The van der Waals surface area contributed by atoms with Crippen LogP contribution in [0.4, 0.5) is 17.1 Å². The first-order valence-corrected chi connectivity index (χ1v) is 22.9. The maximum absolute atomic E-state index is 6.72. The summed E-state index contributed by atoms with van der Waals surface area (Å²) in [5, 5.41) is 0. The molecule has 4 heteroatoms. The highest BCUT2D eigenvalue weighted by Crippen LogP contribution is 2.56. The van der Waals surface area contributed by atoms with Gasteiger partial charge in [0.25, 0.3) is 0 Å². The van der Waals surface area contributed by atoms with Gasteiger partial charge in [-0.1, -0.05) is 192 Å². The minimum absolute atomic E-state index is 0.0849. The molecule has 3 aliphatic rings. The van der Waals surface area contributed by atoms with Crippen molar-refractivity contribution in [3.63, 3.8) is 0 Å². The maximum atomic E-state index is 6.72. The number of nitrogens with zero attached hydrogens (tertiary/aromatic N) is 1. The van der Waals surface area contributed by atoms with E-state index in [1.54, 1.807) is 0 Å². The van der Waals surface area contributed by atoms with Gasteiger partial charge in [-0.2, -0.15) is 0 Å². The first kappa shape index (κ1) is 38.0. The second kappa shape index (κ2) is 14.1. The zero-order chi connectivity index (χ0) is 41.7. The molecule has 0 spiro atoms. The Morgan fingerprint density at radius 2 is 0.820 bits per heavy atom. The van der Waals surface area contributed by atoms with Gasteiger partial charge in [0.05, 0.1) is 5.69 Å². The minimum Gasteiger partial charge on any atom is -0.456 e. The monoisotopic (exact) mass is 825 g/mol. The van der Waals surface area contributed by atoms with Gasteiger partial charge < -0.3 is 9.64 Å². The molecule has 0 aromatic heterocycles. The predicted octanol–water partition coefficient (Wildman–Crippen LogP) is 16.5. The van der Waals surface area contributed by atoms with Gasteiger partial charge in [-0.25, -0.2) is 0 Å². The normalized spacial score (nSPS) is 15.8. The van der Waals surface area contributed by atoms with Crippen LogP contribution in [-0.4, -0.2) is 0 Å². The Bertz CT molecular complexity index is 2880. The molecule has 2 nitrogen and oxygen atoms in total. The second-order valence-corrected chi connectivity index (χ2v) is 20.2. The van der Waals surface area contributed by atoms with E-state index in [2.05, 4.69) is 222 Å². The highest BCUT2D eigenvalue weighted by molar-refractivity contribution is 8.00. The molecule has 0 radical (unpaired) electrons. The summed E-state index contributed by atoms with van der Waals surface area (Å²) in [7, 11) is 0.